The van der Waals surface area contributed by atoms with Gasteiger partial charge in [-0.05, 0) is 54.5 Å². The highest BCUT2D eigenvalue weighted by molar-refractivity contribution is 6.32. The standard InChI is InChI=1S/C21H20ClNO6/c1-4-28-19-9-13(8-16(22)21(19)29-12-20(24)25)7-15(11-23)14-5-6-17(26-2)18(10-14)27-3/h5-10H,4,12H2,1-3H3,(H,24,25)/b15-7+. The average molecular weight is 418 g/mol. The molecule has 0 aliphatic rings. The van der Waals surface area contributed by atoms with E-state index in [1.54, 1.807) is 43.3 Å². The van der Waals surface area contributed by atoms with Crippen LogP contribution < -0.4 is 18.9 Å². The average Bonchev–Trinajstić information content (AvgIpc) is 2.70. The molecule has 0 aliphatic heterocycles. The molecule has 0 bridgehead atoms. The van der Waals surface area contributed by atoms with E-state index in [0.717, 1.165) is 0 Å². The Balaban J connectivity index is 2.48. The van der Waals surface area contributed by atoms with Crippen LogP contribution in [0.3, 0.4) is 0 Å². The number of rotatable bonds is 9. The maximum atomic E-state index is 10.8. The third kappa shape index (κ3) is 5.56. The van der Waals surface area contributed by atoms with Crippen molar-refractivity contribution in [3.05, 3.63) is 46.5 Å². The van der Waals surface area contributed by atoms with Crippen molar-refractivity contribution in [3.63, 3.8) is 0 Å². The number of nitriles is 1. The van der Waals surface area contributed by atoms with Gasteiger partial charge in [0.2, 0.25) is 0 Å². The Morgan fingerprint density at radius 1 is 1.14 bits per heavy atom. The summed E-state index contributed by atoms with van der Waals surface area (Å²) in [5, 5.41) is 18.6. The Morgan fingerprint density at radius 3 is 2.45 bits per heavy atom. The number of aliphatic carboxylic acids is 1. The second-order valence-electron chi connectivity index (χ2n) is 5.68. The maximum Gasteiger partial charge on any atom is 0.341 e. The van der Waals surface area contributed by atoms with E-state index in [2.05, 4.69) is 6.07 Å². The van der Waals surface area contributed by atoms with Crippen LogP contribution in [-0.4, -0.2) is 38.5 Å². The molecule has 0 aliphatic carbocycles. The lowest BCUT2D eigenvalue weighted by Crippen LogP contribution is -2.10. The zero-order valence-corrected chi connectivity index (χ0v) is 16.9. The fraction of sp³-hybridized carbons (Fsp3) is 0.238. The first-order chi connectivity index (χ1) is 13.9. The van der Waals surface area contributed by atoms with Gasteiger partial charge in [0.25, 0.3) is 0 Å². The molecule has 1 N–H and O–H groups in total. The molecule has 7 nitrogen and oxygen atoms in total. The summed E-state index contributed by atoms with van der Waals surface area (Å²) >= 11 is 6.27. The van der Waals surface area contributed by atoms with E-state index in [-0.39, 0.29) is 16.5 Å². The lowest BCUT2D eigenvalue weighted by atomic mass is 10.0. The maximum absolute atomic E-state index is 10.8. The second kappa shape index (κ2) is 10.2. The topological polar surface area (TPSA) is 98.0 Å². The summed E-state index contributed by atoms with van der Waals surface area (Å²) in [7, 11) is 3.05. The number of hydrogen-bond acceptors (Lipinski definition) is 6. The molecule has 0 fully saturated rings. The predicted octanol–water partition coefficient (Wildman–Crippen LogP) is 4.28. The third-order valence-electron chi connectivity index (χ3n) is 3.80. The van der Waals surface area contributed by atoms with E-state index in [1.165, 1.54) is 14.2 Å². The number of nitrogens with zero attached hydrogens (tertiary/aromatic N) is 1. The minimum absolute atomic E-state index is 0.137. The van der Waals surface area contributed by atoms with Crippen LogP contribution in [0.25, 0.3) is 11.6 Å². The van der Waals surface area contributed by atoms with Crippen LogP contribution in [0.2, 0.25) is 5.02 Å². The van der Waals surface area contributed by atoms with E-state index in [0.29, 0.717) is 34.8 Å². The van der Waals surface area contributed by atoms with E-state index >= 15 is 0 Å². The summed E-state index contributed by atoms with van der Waals surface area (Å²) < 4.78 is 21.3. The fourth-order valence-corrected chi connectivity index (χ4v) is 2.83. The number of hydrogen-bond donors (Lipinski definition) is 1. The van der Waals surface area contributed by atoms with Crippen LogP contribution >= 0.6 is 11.6 Å². The summed E-state index contributed by atoms with van der Waals surface area (Å²) in [5.41, 5.74) is 1.58. The molecule has 2 aromatic rings. The van der Waals surface area contributed by atoms with E-state index in [4.69, 9.17) is 35.7 Å². The molecule has 0 saturated carbocycles. The first-order valence-corrected chi connectivity index (χ1v) is 8.96. The minimum Gasteiger partial charge on any atom is -0.493 e. The zero-order valence-electron chi connectivity index (χ0n) is 16.2. The summed E-state index contributed by atoms with van der Waals surface area (Å²) in [4.78, 5) is 10.8. The SMILES string of the molecule is CCOc1cc(/C=C(\C#N)c2ccc(OC)c(OC)c2)cc(Cl)c1OCC(=O)O. The quantitative estimate of drug-likeness (QED) is 0.480. The number of halogens is 1. The van der Waals surface area contributed by atoms with Crippen molar-refractivity contribution in [1.82, 2.24) is 0 Å². The van der Waals surface area contributed by atoms with E-state index < -0.39 is 12.6 Å². The van der Waals surface area contributed by atoms with Gasteiger partial charge in [0, 0.05) is 0 Å². The van der Waals surface area contributed by atoms with E-state index in [1.807, 2.05) is 0 Å². The van der Waals surface area contributed by atoms with Gasteiger partial charge in [0.1, 0.15) is 0 Å². The minimum atomic E-state index is -1.13. The molecule has 152 valence electrons. The van der Waals surface area contributed by atoms with Crippen LogP contribution in [0.5, 0.6) is 23.0 Å². The third-order valence-corrected chi connectivity index (χ3v) is 4.08. The summed E-state index contributed by atoms with van der Waals surface area (Å²) in [6.07, 6.45) is 1.64. The normalized spacial score (nSPS) is 10.8. The van der Waals surface area contributed by atoms with Gasteiger partial charge >= 0.3 is 5.97 Å². The lowest BCUT2D eigenvalue weighted by Gasteiger charge is -2.13. The number of carboxylic acid groups (broad SMARTS) is 1. The van der Waals surface area contributed by atoms with Crippen molar-refractivity contribution in [2.45, 2.75) is 6.92 Å². The molecule has 2 aromatic carbocycles. The van der Waals surface area contributed by atoms with Gasteiger partial charge in [-0.2, -0.15) is 5.26 Å². The number of benzene rings is 2. The van der Waals surface area contributed by atoms with Crippen LogP contribution in [0.15, 0.2) is 30.3 Å². The first kappa shape index (κ1) is 21.9. The Kier molecular flexibility index (Phi) is 7.75. The summed E-state index contributed by atoms with van der Waals surface area (Å²) in [6, 6.07) is 10.5. The molecule has 0 aromatic heterocycles. The molecule has 8 heteroatoms. The molecular formula is C21H20ClNO6. The summed E-state index contributed by atoms with van der Waals surface area (Å²) in [6.45, 7) is 1.56. The van der Waals surface area contributed by atoms with Crippen molar-refractivity contribution in [3.8, 4) is 29.1 Å². The number of carboxylic acids is 1. The first-order valence-electron chi connectivity index (χ1n) is 8.58. The van der Waals surface area contributed by atoms with Crippen molar-refractivity contribution < 1.29 is 28.8 Å². The molecule has 0 spiro atoms. The number of ether oxygens (including phenoxy) is 4. The molecule has 0 saturated heterocycles. The number of allylic oxidation sites excluding steroid dienone is 1. The summed E-state index contributed by atoms with van der Waals surface area (Å²) in [5.74, 6) is 0.342. The Morgan fingerprint density at radius 2 is 1.86 bits per heavy atom. The smallest absolute Gasteiger partial charge is 0.341 e. The van der Waals surface area contributed by atoms with Crippen LogP contribution in [0.4, 0.5) is 0 Å². The highest BCUT2D eigenvalue weighted by atomic mass is 35.5. The van der Waals surface area contributed by atoms with Crippen molar-refractivity contribution in [2.24, 2.45) is 0 Å². The van der Waals surface area contributed by atoms with Crippen LogP contribution in [-0.2, 0) is 4.79 Å². The van der Waals surface area contributed by atoms with Crippen molar-refractivity contribution in [2.75, 3.05) is 27.4 Å². The van der Waals surface area contributed by atoms with Gasteiger partial charge in [-0.3, -0.25) is 0 Å². The Labute approximate surface area is 173 Å². The van der Waals surface area contributed by atoms with Gasteiger partial charge in [-0.1, -0.05) is 11.6 Å². The molecule has 0 unspecified atom stereocenters. The monoisotopic (exact) mass is 417 g/mol. The molecule has 0 amide bonds. The fourth-order valence-electron chi connectivity index (χ4n) is 2.56. The van der Waals surface area contributed by atoms with Crippen molar-refractivity contribution >= 4 is 29.2 Å². The number of methoxy groups -OCH3 is 2. The lowest BCUT2D eigenvalue weighted by molar-refractivity contribution is -0.139. The Bertz CT molecular complexity index is 964. The van der Waals surface area contributed by atoms with E-state index in [9.17, 15) is 10.1 Å². The Hall–Kier alpha value is -3.37. The molecular weight excluding hydrogens is 398 g/mol. The van der Waals surface area contributed by atoms with Gasteiger partial charge in [-0.25, -0.2) is 4.79 Å². The molecule has 0 atom stereocenters. The highest BCUT2D eigenvalue weighted by Crippen LogP contribution is 2.38. The molecule has 0 heterocycles. The van der Waals surface area contributed by atoms with Gasteiger partial charge < -0.3 is 24.1 Å². The predicted molar refractivity (Wildman–Crippen MR) is 109 cm³/mol. The zero-order chi connectivity index (χ0) is 21.4. The van der Waals surface area contributed by atoms with Gasteiger partial charge in [0.15, 0.2) is 29.6 Å². The van der Waals surface area contributed by atoms with Crippen LogP contribution in [0, 0.1) is 11.3 Å². The molecule has 0 radical (unpaired) electrons. The van der Waals surface area contributed by atoms with Gasteiger partial charge in [0.05, 0.1) is 37.5 Å². The highest BCUT2D eigenvalue weighted by Gasteiger charge is 2.15. The molecule has 2 rings (SSSR count). The largest absolute Gasteiger partial charge is 0.493 e. The van der Waals surface area contributed by atoms with Crippen LogP contribution in [0.1, 0.15) is 18.1 Å². The van der Waals surface area contributed by atoms with Crippen molar-refractivity contribution in [1.29, 1.82) is 5.26 Å². The van der Waals surface area contributed by atoms with Gasteiger partial charge in [-0.15, -0.1) is 0 Å². The second-order valence-corrected chi connectivity index (χ2v) is 6.09. The number of carbonyl (C=O) groups is 1. The molecule has 29 heavy (non-hydrogen) atoms.